The van der Waals surface area contributed by atoms with E-state index in [0.717, 1.165) is 4.90 Å². The van der Waals surface area contributed by atoms with E-state index < -0.39 is 24.7 Å². The zero-order valence-corrected chi connectivity index (χ0v) is 11.3. The number of fused-ring (bicyclic) bond motifs is 1. The zero-order valence-electron chi connectivity index (χ0n) is 10.5. The second kappa shape index (κ2) is 5.94. The Labute approximate surface area is 121 Å². The first-order valence-corrected chi connectivity index (χ1v) is 6.85. The normalized spacial score (nSPS) is 15.9. The molecule has 1 atom stereocenters. The van der Waals surface area contributed by atoms with Gasteiger partial charge in [0.1, 0.15) is 0 Å². The summed E-state index contributed by atoms with van der Waals surface area (Å²) in [5, 5.41) is 13.4. The van der Waals surface area contributed by atoms with Gasteiger partial charge in [-0.1, -0.05) is 0 Å². The monoisotopic (exact) mass is 320 g/mol. The summed E-state index contributed by atoms with van der Waals surface area (Å²) in [6, 6.07) is 4.43. The van der Waals surface area contributed by atoms with Crippen molar-refractivity contribution in [2.45, 2.75) is 17.2 Å². The van der Waals surface area contributed by atoms with E-state index in [-0.39, 0.29) is 17.2 Å². The summed E-state index contributed by atoms with van der Waals surface area (Å²) >= 11 is 1.31. The topological polar surface area (TPSA) is 78.4 Å². The third-order valence-corrected chi connectivity index (χ3v) is 3.78. The molecule has 1 unspecified atom stereocenters. The lowest BCUT2D eigenvalue weighted by Gasteiger charge is -2.18. The zero-order chi connectivity index (χ0) is 15.6. The molecule has 0 spiro atoms. The van der Waals surface area contributed by atoms with Gasteiger partial charge >= 0.3 is 6.18 Å². The van der Waals surface area contributed by atoms with Crippen molar-refractivity contribution < 1.29 is 27.9 Å². The van der Waals surface area contributed by atoms with Crippen LogP contribution >= 0.6 is 11.8 Å². The number of thioether (sulfide) groups is 1. The van der Waals surface area contributed by atoms with E-state index in [0.29, 0.717) is 5.69 Å². The van der Waals surface area contributed by atoms with E-state index in [1.165, 1.54) is 23.9 Å². The number of nitrogens with one attached hydrogen (secondary N) is 2. The molecule has 1 heterocycles. The molecule has 9 heteroatoms. The maximum Gasteiger partial charge on any atom is 0.416 e. The van der Waals surface area contributed by atoms with Gasteiger partial charge in [0.15, 0.2) is 6.10 Å². The molecule has 0 aliphatic carbocycles. The van der Waals surface area contributed by atoms with Gasteiger partial charge in [-0.2, -0.15) is 13.2 Å². The van der Waals surface area contributed by atoms with Gasteiger partial charge in [0.2, 0.25) is 5.91 Å². The fourth-order valence-electron chi connectivity index (χ4n) is 1.63. The number of carbonyl (C=O) groups excluding carboxylic acids is 2. The molecule has 0 aromatic heterocycles. The highest BCUT2D eigenvalue weighted by Crippen LogP contribution is 2.31. The Bertz CT molecular complexity index is 577. The van der Waals surface area contributed by atoms with Crippen molar-refractivity contribution in [3.63, 3.8) is 0 Å². The summed E-state index contributed by atoms with van der Waals surface area (Å²) in [6.45, 7) is -0.930. The van der Waals surface area contributed by atoms with Crippen molar-refractivity contribution in [3.8, 4) is 0 Å². The number of halogens is 3. The molecular formula is C12H11F3N2O3S. The molecule has 0 bridgehead atoms. The van der Waals surface area contributed by atoms with E-state index in [1.54, 1.807) is 6.07 Å². The van der Waals surface area contributed by atoms with E-state index >= 15 is 0 Å². The summed E-state index contributed by atoms with van der Waals surface area (Å²) in [6.07, 6.45) is -7.40. The van der Waals surface area contributed by atoms with E-state index in [1.807, 2.05) is 5.32 Å². The van der Waals surface area contributed by atoms with Gasteiger partial charge in [0.25, 0.3) is 5.91 Å². The first kappa shape index (κ1) is 15.6. The van der Waals surface area contributed by atoms with Gasteiger partial charge in [-0.15, -0.1) is 11.8 Å². The van der Waals surface area contributed by atoms with Crippen LogP contribution in [-0.4, -0.2) is 41.5 Å². The molecule has 0 saturated heterocycles. The number of rotatable bonds is 3. The van der Waals surface area contributed by atoms with Crippen LogP contribution in [0.5, 0.6) is 0 Å². The van der Waals surface area contributed by atoms with Crippen molar-refractivity contribution in [3.05, 3.63) is 23.8 Å². The summed E-state index contributed by atoms with van der Waals surface area (Å²) in [7, 11) is 0. The highest BCUT2D eigenvalue weighted by molar-refractivity contribution is 8.00. The Balaban J connectivity index is 2.03. The maximum absolute atomic E-state index is 12.1. The summed E-state index contributed by atoms with van der Waals surface area (Å²) in [5.74, 6) is -0.695. The summed E-state index contributed by atoms with van der Waals surface area (Å²) < 4.78 is 36.4. The SMILES string of the molecule is O=C1CSc2ccc(C(=O)NCC(O)C(F)(F)F)cc2N1. The minimum absolute atomic E-state index is 0.103. The first-order valence-electron chi connectivity index (χ1n) is 5.87. The second-order valence-electron chi connectivity index (χ2n) is 4.32. The molecule has 1 aromatic rings. The minimum Gasteiger partial charge on any atom is -0.382 e. The molecule has 1 aromatic carbocycles. The van der Waals surface area contributed by atoms with E-state index in [9.17, 15) is 22.8 Å². The lowest BCUT2D eigenvalue weighted by atomic mass is 10.1. The van der Waals surface area contributed by atoms with Crippen molar-refractivity contribution in [1.29, 1.82) is 0 Å². The average molecular weight is 320 g/mol. The molecule has 1 aliphatic heterocycles. The molecule has 0 fully saturated rings. The number of amides is 2. The predicted octanol–water partition coefficient (Wildman–Crippen LogP) is 1.38. The number of benzene rings is 1. The van der Waals surface area contributed by atoms with Crippen LogP contribution < -0.4 is 10.6 Å². The largest absolute Gasteiger partial charge is 0.416 e. The van der Waals surface area contributed by atoms with Crippen LogP contribution in [0.3, 0.4) is 0 Å². The maximum atomic E-state index is 12.1. The van der Waals surface area contributed by atoms with Crippen LogP contribution in [-0.2, 0) is 4.79 Å². The fourth-order valence-corrected chi connectivity index (χ4v) is 2.42. The molecule has 5 nitrogen and oxygen atoms in total. The fraction of sp³-hybridized carbons (Fsp3) is 0.333. The van der Waals surface area contributed by atoms with Crippen molar-refractivity contribution in [2.75, 3.05) is 17.6 Å². The predicted molar refractivity (Wildman–Crippen MR) is 70.2 cm³/mol. The van der Waals surface area contributed by atoms with Crippen LogP contribution in [0.25, 0.3) is 0 Å². The van der Waals surface area contributed by atoms with E-state index in [2.05, 4.69) is 5.32 Å². The number of aliphatic hydroxyl groups excluding tert-OH is 1. The molecule has 21 heavy (non-hydrogen) atoms. The van der Waals surface area contributed by atoms with Crippen LogP contribution in [0.1, 0.15) is 10.4 Å². The van der Waals surface area contributed by atoms with Crippen LogP contribution in [0.4, 0.5) is 18.9 Å². The Morgan fingerprint density at radius 2 is 2.19 bits per heavy atom. The van der Waals surface area contributed by atoms with E-state index in [4.69, 9.17) is 5.11 Å². The number of hydrogen-bond donors (Lipinski definition) is 3. The number of hydrogen-bond acceptors (Lipinski definition) is 4. The standard InChI is InChI=1S/C12H11F3N2O3S/c13-12(14,15)9(18)4-16-11(20)6-1-2-8-7(3-6)17-10(19)5-21-8/h1-3,9,18H,4-5H2,(H,16,20)(H,17,19). The van der Waals surface area contributed by atoms with Gasteiger partial charge in [-0.05, 0) is 18.2 Å². The summed E-state index contributed by atoms with van der Waals surface area (Å²) in [4.78, 5) is 23.8. The Morgan fingerprint density at radius 1 is 1.48 bits per heavy atom. The highest BCUT2D eigenvalue weighted by Gasteiger charge is 2.38. The molecule has 114 valence electrons. The molecule has 1 aliphatic rings. The van der Waals surface area contributed by atoms with Gasteiger partial charge in [0.05, 0.1) is 18.0 Å². The van der Waals surface area contributed by atoms with Gasteiger partial charge in [0, 0.05) is 10.5 Å². The van der Waals surface area contributed by atoms with Gasteiger partial charge < -0.3 is 15.7 Å². The van der Waals surface area contributed by atoms with Gasteiger partial charge in [-0.3, -0.25) is 9.59 Å². The first-order chi connectivity index (χ1) is 9.77. The third kappa shape index (κ3) is 3.88. The molecule has 2 amide bonds. The molecule has 0 saturated carbocycles. The number of carbonyl (C=O) groups is 2. The molecule has 3 N–H and O–H groups in total. The third-order valence-electron chi connectivity index (χ3n) is 2.71. The van der Waals surface area contributed by atoms with Crippen molar-refractivity contribution in [2.24, 2.45) is 0 Å². The lowest BCUT2D eigenvalue weighted by Crippen LogP contribution is -2.40. The minimum atomic E-state index is -4.78. The van der Waals surface area contributed by atoms with Crippen LogP contribution in [0.15, 0.2) is 23.1 Å². The Kier molecular flexibility index (Phi) is 4.43. The average Bonchev–Trinajstić information content (AvgIpc) is 2.42. The highest BCUT2D eigenvalue weighted by atomic mass is 32.2. The summed E-state index contributed by atoms with van der Waals surface area (Å²) in [5.41, 5.74) is 0.547. The van der Waals surface area contributed by atoms with Crippen molar-refractivity contribution in [1.82, 2.24) is 5.32 Å². The number of alkyl halides is 3. The Morgan fingerprint density at radius 3 is 2.86 bits per heavy atom. The van der Waals surface area contributed by atoms with Crippen LogP contribution in [0.2, 0.25) is 0 Å². The van der Waals surface area contributed by atoms with Gasteiger partial charge in [-0.25, -0.2) is 0 Å². The second-order valence-corrected chi connectivity index (χ2v) is 5.33. The van der Waals surface area contributed by atoms with Crippen LogP contribution in [0, 0.1) is 0 Å². The Hall–Kier alpha value is -1.74. The lowest BCUT2D eigenvalue weighted by molar-refractivity contribution is -0.201. The smallest absolute Gasteiger partial charge is 0.382 e. The molecular weight excluding hydrogens is 309 g/mol. The quantitative estimate of drug-likeness (QED) is 0.786. The molecule has 0 radical (unpaired) electrons. The van der Waals surface area contributed by atoms with Crippen molar-refractivity contribution >= 4 is 29.3 Å². The number of aliphatic hydroxyl groups is 1. The molecule has 2 rings (SSSR count). The number of anilines is 1.